The van der Waals surface area contributed by atoms with E-state index in [1.165, 1.54) is 0 Å². The summed E-state index contributed by atoms with van der Waals surface area (Å²) in [5, 5.41) is 1.82. The van der Waals surface area contributed by atoms with Gasteiger partial charge in [-0.15, -0.1) is 0 Å². The molecular weight excluding hydrogens is 451 g/mol. The molecule has 0 N–H and O–H groups in total. The largest absolute Gasteiger partial charge is 0.371 e. The monoisotopic (exact) mass is 484 g/mol. The summed E-state index contributed by atoms with van der Waals surface area (Å²) in [5.41, 5.74) is 2.18. The third-order valence-electron chi connectivity index (χ3n) is 6.97. The van der Waals surface area contributed by atoms with Gasteiger partial charge < -0.3 is 33.3 Å². The van der Waals surface area contributed by atoms with Crippen molar-refractivity contribution in [2.45, 2.75) is 31.3 Å². The van der Waals surface area contributed by atoms with Gasteiger partial charge in [0.2, 0.25) is 0 Å². The van der Waals surface area contributed by atoms with E-state index in [1.54, 1.807) is 0 Å². The third kappa shape index (κ3) is 5.34. The summed E-state index contributed by atoms with van der Waals surface area (Å²) >= 11 is 0. The normalized spacial score (nSPS) is 28.1. The Morgan fingerprint density at radius 2 is 1.06 bits per heavy atom. The molecule has 0 aromatic heterocycles. The van der Waals surface area contributed by atoms with Crippen molar-refractivity contribution < 1.29 is 23.5 Å². The molecule has 0 spiro atoms. The maximum atomic E-state index is 14.5. The van der Waals surface area contributed by atoms with E-state index in [2.05, 4.69) is 34.1 Å². The highest BCUT2D eigenvalue weighted by Crippen LogP contribution is 2.44. The lowest BCUT2D eigenvalue weighted by molar-refractivity contribution is 0.388. The van der Waals surface area contributed by atoms with Gasteiger partial charge in [-0.05, 0) is 24.3 Å². The number of epoxide rings is 4. The van der Waals surface area contributed by atoms with Crippen LogP contribution in [-0.4, -0.2) is 83.2 Å². The zero-order valence-electron chi connectivity index (χ0n) is 19.7. The molecule has 0 saturated carbocycles. The molecule has 6 rings (SSSR count). The lowest BCUT2D eigenvalue weighted by Crippen LogP contribution is -2.33. The van der Waals surface area contributed by atoms with Gasteiger partial charge in [-0.3, -0.25) is 0 Å². The first-order valence-electron chi connectivity index (χ1n) is 12.4. The molecule has 4 aliphatic rings. The Labute approximate surface area is 201 Å². The highest BCUT2D eigenvalue weighted by Gasteiger charge is 2.34. The molecular formula is C26H33N2O5P. The van der Waals surface area contributed by atoms with Crippen LogP contribution in [0.15, 0.2) is 48.5 Å². The fourth-order valence-corrected chi connectivity index (χ4v) is 6.95. The molecule has 4 heterocycles. The second-order valence-electron chi connectivity index (χ2n) is 9.73. The molecule has 4 unspecified atom stereocenters. The predicted octanol–water partition coefficient (Wildman–Crippen LogP) is 2.23. The first-order chi connectivity index (χ1) is 16.6. The van der Waals surface area contributed by atoms with E-state index < -0.39 is 7.14 Å². The van der Waals surface area contributed by atoms with Gasteiger partial charge in [0.15, 0.2) is 0 Å². The summed E-state index contributed by atoms with van der Waals surface area (Å²) in [5.74, 6) is 0. The van der Waals surface area contributed by atoms with Crippen molar-refractivity contribution in [3.05, 3.63) is 48.5 Å². The summed E-state index contributed by atoms with van der Waals surface area (Å²) < 4.78 is 36.5. The van der Waals surface area contributed by atoms with Crippen molar-refractivity contribution >= 4 is 29.1 Å². The minimum Gasteiger partial charge on any atom is -0.371 e. The molecule has 2 aromatic carbocycles. The average Bonchev–Trinajstić information content (AvgIpc) is 3.70. The van der Waals surface area contributed by atoms with E-state index in [0.29, 0.717) is 6.16 Å². The van der Waals surface area contributed by atoms with Crippen LogP contribution in [0.4, 0.5) is 11.4 Å². The van der Waals surface area contributed by atoms with Crippen LogP contribution in [0.2, 0.25) is 0 Å². The van der Waals surface area contributed by atoms with Crippen molar-refractivity contribution in [2.24, 2.45) is 0 Å². The maximum Gasteiger partial charge on any atom is 0.143 e. The van der Waals surface area contributed by atoms with Gasteiger partial charge >= 0.3 is 0 Å². The van der Waals surface area contributed by atoms with E-state index >= 15 is 0 Å². The Balaban J connectivity index is 1.28. The minimum absolute atomic E-state index is 0.286. The summed E-state index contributed by atoms with van der Waals surface area (Å²) in [6.07, 6.45) is 1.72. The molecule has 4 aliphatic heterocycles. The molecule has 8 heteroatoms. The van der Waals surface area contributed by atoms with Crippen LogP contribution in [0.3, 0.4) is 0 Å². The molecule has 7 nitrogen and oxygen atoms in total. The van der Waals surface area contributed by atoms with Gasteiger partial charge in [0.1, 0.15) is 7.14 Å². The van der Waals surface area contributed by atoms with Crippen molar-refractivity contribution in [1.82, 2.24) is 0 Å². The van der Waals surface area contributed by atoms with Gasteiger partial charge in [0, 0.05) is 54.3 Å². The number of hydrogen-bond acceptors (Lipinski definition) is 7. The number of ether oxygens (including phenoxy) is 4. The zero-order chi connectivity index (χ0) is 23.1. The van der Waals surface area contributed by atoms with Gasteiger partial charge in [0.05, 0.1) is 50.8 Å². The number of anilines is 2. The van der Waals surface area contributed by atoms with Crippen LogP contribution in [0.1, 0.15) is 6.92 Å². The number of benzene rings is 2. The predicted molar refractivity (Wildman–Crippen MR) is 134 cm³/mol. The molecule has 4 saturated heterocycles. The summed E-state index contributed by atoms with van der Waals surface area (Å²) in [7, 11) is -2.79. The maximum absolute atomic E-state index is 14.5. The van der Waals surface area contributed by atoms with E-state index in [1.807, 2.05) is 31.2 Å². The van der Waals surface area contributed by atoms with Gasteiger partial charge in [-0.1, -0.05) is 31.2 Å². The summed E-state index contributed by atoms with van der Waals surface area (Å²) in [6, 6.07) is 16.6. The van der Waals surface area contributed by atoms with E-state index in [-0.39, 0.29) is 24.4 Å². The first-order valence-corrected chi connectivity index (χ1v) is 14.3. The number of hydrogen-bond donors (Lipinski definition) is 0. The Bertz CT molecular complexity index is 957. The Kier molecular flexibility index (Phi) is 6.16. The zero-order valence-corrected chi connectivity index (χ0v) is 20.6. The molecule has 34 heavy (non-hydrogen) atoms. The van der Waals surface area contributed by atoms with Crippen LogP contribution >= 0.6 is 7.14 Å². The molecule has 0 bridgehead atoms. The lowest BCUT2D eigenvalue weighted by atomic mass is 10.2. The van der Waals surface area contributed by atoms with E-state index in [9.17, 15) is 4.57 Å². The molecule has 4 fully saturated rings. The van der Waals surface area contributed by atoms with Crippen molar-refractivity contribution in [3.63, 3.8) is 0 Å². The van der Waals surface area contributed by atoms with Gasteiger partial charge in [-0.2, -0.15) is 0 Å². The van der Waals surface area contributed by atoms with E-state index in [4.69, 9.17) is 18.9 Å². The van der Waals surface area contributed by atoms with Crippen molar-refractivity contribution in [2.75, 3.05) is 68.6 Å². The van der Waals surface area contributed by atoms with Crippen LogP contribution < -0.4 is 20.4 Å². The standard InChI is InChI=1S/C26H33N2O5P/c1-2-34(29,25-7-3-5-19(9-25)27(11-21-15-30-21)12-22-16-31-22)26-8-4-6-20(10-26)28(13-23-17-32-23)14-24-18-33-24/h3-10,21-24H,2,11-18H2,1H3. The SMILES string of the molecule is CCP(=O)(c1cccc(N(CC2CO2)CC2CO2)c1)c1cccc(N(CC2CO2)CC2CO2)c1. The molecule has 0 radical (unpaired) electrons. The highest BCUT2D eigenvalue weighted by atomic mass is 31.2. The first kappa shape index (κ1) is 22.6. The molecule has 182 valence electrons. The van der Waals surface area contributed by atoms with Gasteiger partial charge in [0.25, 0.3) is 0 Å². The summed E-state index contributed by atoms with van der Waals surface area (Å²) in [6.45, 7) is 8.67. The van der Waals surface area contributed by atoms with Crippen LogP contribution in [0.25, 0.3) is 0 Å². The van der Waals surface area contributed by atoms with Crippen LogP contribution in [0, 0.1) is 0 Å². The quantitative estimate of drug-likeness (QED) is 0.319. The smallest absolute Gasteiger partial charge is 0.143 e. The van der Waals surface area contributed by atoms with Gasteiger partial charge in [-0.25, -0.2) is 0 Å². The second kappa shape index (κ2) is 9.29. The molecule has 0 amide bonds. The van der Waals surface area contributed by atoms with Crippen LogP contribution in [-0.2, 0) is 23.5 Å². The van der Waals surface area contributed by atoms with Crippen molar-refractivity contribution in [1.29, 1.82) is 0 Å². The molecule has 0 aliphatic carbocycles. The fourth-order valence-electron chi connectivity index (χ4n) is 4.59. The highest BCUT2D eigenvalue weighted by molar-refractivity contribution is 7.78. The fraction of sp³-hybridized carbons (Fsp3) is 0.538. The minimum atomic E-state index is -2.79. The molecule has 4 atom stereocenters. The Morgan fingerprint density at radius 1 is 0.706 bits per heavy atom. The Morgan fingerprint density at radius 3 is 1.35 bits per heavy atom. The third-order valence-corrected chi connectivity index (χ3v) is 10.1. The van der Waals surface area contributed by atoms with Crippen molar-refractivity contribution in [3.8, 4) is 0 Å². The summed E-state index contributed by atoms with van der Waals surface area (Å²) in [4.78, 5) is 4.64. The average molecular weight is 485 g/mol. The van der Waals surface area contributed by atoms with Crippen LogP contribution in [0.5, 0.6) is 0 Å². The lowest BCUT2D eigenvalue weighted by Gasteiger charge is -2.27. The second-order valence-corrected chi connectivity index (χ2v) is 12.9. The van der Waals surface area contributed by atoms with E-state index in [0.717, 1.165) is 74.6 Å². The Hall–Kier alpha value is -1.89. The number of rotatable bonds is 13. The molecule has 2 aromatic rings. The topological polar surface area (TPSA) is 73.7 Å². The number of nitrogens with zero attached hydrogens (tertiary/aromatic N) is 2.